The first-order chi connectivity index (χ1) is 14.8. The fraction of sp³-hybridized carbons (Fsp3) is 0.200. The molecule has 0 atom stereocenters. The molecule has 1 N–H and O–H groups in total. The third-order valence-corrected chi connectivity index (χ3v) is 5.33. The maximum absolute atomic E-state index is 12.6. The van der Waals surface area contributed by atoms with Crippen molar-refractivity contribution in [1.29, 1.82) is 0 Å². The zero-order valence-corrected chi connectivity index (χ0v) is 17.6. The van der Waals surface area contributed by atoms with Gasteiger partial charge < -0.3 is 5.32 Å². The Balaban J connectivity index is 1.42. The molecule has 0 aliphatic carbocycles. The normalized spacial score (nSPS) is 11.7. The third kappa shape index (κ3) is 7.11. The molecule has 2 aromatic heterocycles. The summed E-state index contributed by atoms with van der Waals surface area (Å²) in [6, 6.07) is 10.6. The fourth-order valence-corrected chi connectivity index (χ4v) is 3.52. The Hall–Kier alpha value is -2.85. The van der Waals surface area contributed by atoms with E-state index >= 15 is 0 Å². The second-order valence-corrected chi connectivity index (χ2v) is 7.80. The highest BCUT2D eigenvalue weighted by molar-refractivity contribution is 7.99. The Bertz CT molecular complexity index is 1060. The van der Waals surface area contributed by atoms with E-state index in [0.29, 0.717) is 18.0 Å². The van der Waals surface area contributed by atoms with Crippen molar-refractivity contribution in [2.24, 2.45) is 0 Å². The van der Waals surface area contributed by atoms with Crippen molar-refractivity contribution >= 4 is 35.3 Å². The van der Waals surface area contributed by atoms with E-state index in [4.69, 9.17) is 11.6 Å². The van der Waals surface area contributed by atoms with Gasteiger partial charge in [0.25, 0.3) is 0 Å². The summed E-state index contributed by atoms with van der Waals surface area (Å²) in [5.74, 6) is 0.0648. The van der Waals surface area contributed by atoms with Crippen LogP contribution in [0.3, 0.4) is 0 Å². The lowest BCUT2D eigenvalue weighted by molar-refractivity contribution is -0.137. The number of thioether (sulfide) groups is 1. The minimum absolute atomic E-state index is 0.0790. The SMILES string of the molecule is O=C(/C=C/c1cn(Cc2ccccc2)nn1)NCCSc1ncc(C(F)(F)F)cc1Cl. The monoisotopic (exact) mass is 467 g/mol. The number of hydrogen-bond donors (Lipinski definition) is 1. The lowest BCUT2D eigenvalue weighted by atomic mass is 10.2. The van der Waals surface area contributed by atoms with E-state index in [1.54, 1.807) is 17.0 Å². The van der Waals surface area contributed by atoms with Gasteiger partial charge in [0.1, 0.15) is 10.7 Å². The maximum atomic E-state index is 12.6. The molecule has 6 nitrogen and oxygen atoms in total. The molecule has 1 aromatic carbocycles. The van der Waals surface area contributed by atoms with E-state index in [1.165, 1.54) is 6.08 Å². The third-order valence-electron chi connectivity index (χ3n) is 3.92. The van der Waals surface area contributed by atoms with E-state index in [9.17, 15) is 18.0 Å². The Morgan fingerprint density at radius 2 is 2.03 bits per heavy atom. The van der Waals surface area contributed by atoms with Crippen LogP contribution in [-0.4, -0.2) is 38.2 Å². The van der Waals surface area contributed by atoms with Crippen LogP contribution in [0.4, 0.5) is 13.2 Å². The van der Waals surface area contributed by atoms with Crippen LogP contribution in [0, 0.1) is 0 Å². The van der Waals surface area contributed by atoms with Crippen molar-refractivity contribution in [1.82, 2.24) is 25.3 Å². The molecule has 0 fully saturated rings. The van der Waals surface area contributed by atoms with Gasteiger partial charge in [0.2, 0.25) is 5.91 Å². The van der Waals surface area contributed by atoms with E-state index in [2.05, 4.69) is 20.6 Å². The second kappa shape index (κ2) is 10.5. The van der Waals surface area contributed by atoms with Crippen LogP contribution in [0.25, 0.3) is 6.08 Å². The summed E-state index contributed by atoms with van der Waals surface area (Å²) in [4.78, 5) is 15.7. The van der Waals surface area contributed by atoms with Gasteiger partial charge in [-0.15, -0.1) is 16.9 Å². The number of carbonyl (C=O) groups excluding carboxylic acids is 1. The first kappa shape index (κ1) is 22.8. The molecular formula is C20H17ClF3N5OS. The molecule has 3 rings (SSSR count). The molecule has 0 saturated heterocycles. The molecular weight excluding hydrogens is 451 g/mol. The van der Waals surface area contributed by atoms with Crippen LogP contribution in [0.2, 0.25) is 5.02 Å². The largest absolute Gasteiger partial charge is 0.417 e. The number of alkyl halides is 3. The van der Waals surface area contributed by atoms with Gasteiger partial charge in [0, 0.05) is 24.6 Å². The van der Waals surface area contributed by atoms with E-state index < -0.39 is 11.7 Å². The highest BCUT2D eigenvalue weighted by Gasteiger charge is 2.31. The fourth-order valence-electron chi connectivity index (χ4n) is 2.47. The van der Waals surface area contributed by atoms with Gasteiger partial charge in [0.15, 0.2) is 0 Å². The predicted octanol–water partition coefficient (Wildman–Crippen LogP) is 4.32. The minimum Gasteiger partial charge on any atom is -0.352 e. The molecule has 0 unspecified atom stereocenters. The standard InChI is InChI=1S/C20H17ClF3N5OS/c21-17-10-15(20(22,23)24)11-26-19(17)31-9-8-25-18(30)7-6-16-13-29(28-27-16)12-14-4-2-1-3-5-14/h1-7,10-11,13H,8-9,12H2,(H,25,30)/b7-6+. The predicted molar refractivity (Wildman–Crippen MR) is 113 cm³/mol. The first-order valence-corrected chi connectivity index (χ1v) is 10.4. The van der Waals surface area contributed by atoms with E-state index in [0.717, 1.165) is 29.6 Å². The molecule has 0 bridgehead atoms. The summed E-state index contributed by atoms with van der Waals surface area (Å²) < 4.78 is 39.5. The molecule has 1 amide bonds. The van der Waals surface area contributed by atoms with Crippen LogP contribution in [0.15, 0.2) is 59.9 Å². The van der Waals surface area contributed by atoms with Gasteiger partial charge in [-0.25, -0.2) is 9.67 Å². The summed E-state index contributed by atoms with van der Waals surface area (Å²) in [6.07, 6.45) is 0.856. The molecule has 31 heavy (non-hydrogen) atoms. The van der Waals surface area contributed by atoms with Crippen molar-refractivity contribution < 1.29 is 18.0 Å². The molecule has 162 valence electrons. The Morgan fingerprint density at radius 3 is 2.74 bits per heavy atom. The number of carbonyl (C=O) groups is 1. The number of rotatable bonds is 8. The van der Waals surface area contributed by atoms with Crippen molar-refractivity contribution in [2.75, 3.05) is 12.3 Å². The summed E-state index contributed by atoms with van der Waals surface area (Å²) in [5, 5.41) is 10.9. The molecule has 0 radical (unpaired) electrons. The molecule has 0 aliphatic rings. The van der Waals surface area contributed by atoms with Gasteiger partial charge in [-0.05, 0) is 17.7 Å². The number of benzene rings is 1. The van der Waals surface area contributed by atoms with Gasteiger partial charge in [-0.2, -0.15) is 13.2 Å². The highest BCUT2D eigenvalue weighted by atomic mass is 35.5. The van der Waals surface area contributed by atoms with Crippen LogP contribution < -0.4 is 5.32 Å². The smallest absolute Gasteiger partial charge is 0.352 e. The topological polar surface area (TPSA) is 72.7 Å². The van der Waals surface area contributed by atoms with Gasteiger partial charge in [-0.1, -0.05) is 47.1 Å². The Labute approximate surface area is 185 Å². The molecule has 11 heteroatoms. The Morgan fingerprint density at radius 1 is 1.26 bits per heavy atom. The summed E-state index contributed by atoms with van der Waals surface area (Å²) in [6.45, 7) is 0.860. The molecule has 2 heterocycles. The number of hydrogen-bond acceptors (Lipinski definition) is 5. The van der Waals surface area contributed by atoms with Crippen LogP contribution in [0.5, 0.6) is 0 Å². The van der Waals surface area contributed by atoms with Crippen molar-refractivity contribution in [2.45, 2.75) is 17.7 Å². The zero-order valence-electron chi connectivity index (χ0n) is 16.0. The van der Waals surface area contributed by atoms with Crippen molar-refractivity contribution in [3.8, 4) is 0 Å². The van der Waals surface area contributed by atoms with Crippen molar-refractivity contribution in [3.05, 3.63) is 76.7 Å². The quantitative estimate of drug-likeness (QED) is 0.303. The molecule has 0 aliphatic heterocycles. The second-order valence-electron chi connectivity index (χ2n) is 6.31. The Kier molecular flexibility index (Phi) is 7.69. The lowest BCUT2D eigenvalue weighted by Crippen LogP contribution is -2.23. The lowest BCUT2D eigenvalue weighted by Gasteiger charge is -2.08. The van der Waals surface area contributed by atoms with Crippen LogP contribution in [0.1, 0.15) is 16.8 Å². The number of aromatic nitrogens is 4. The highest BCUT2D eigenvalue weighted by Crippen LogP contribution is 2.33. The zero-order chi connectivity index (χ0) is 22.3. The maximum Gasteiger partial charge on any atom is 0.417 e. The van der Waals surface area contributed by atoms with Crippen LogP contribution >= 0.6 is 23.4 Å². The van der Waals surface area contributed by atoms with Crippen LogP contribution in [-0.2, 0) is 17.5 Å². The first-order valence-electron chi connectivity index (χ1n) is 9.07. The van der Waals surface area contributed by atoms with Crippen molar-refractivity contribution in [3.63, 3.8) is 0 Å². The van der Waals surface area contributed by atoms with E-state index in [1.807, 2.05) is 30.3 Å². The molecule has 0 saturated carbocycles. The number of halogens is 4. The summed E-state index contributed by atoms with van der Waals surface area (Å²) in [5.41, 5.74) is 0.725. The number of nitrogens with one attached hydrogen (secondary N) is 1. The average Bonchev–Trinajstić information content (AvgIpc) is 3.18. The molecule has 0 spiro atoms. The van der Waals surface area contributed by atoms with Gasteiger partial charge in [-0.3, -0.25) is 4.79 Å². The number of pyridine rings is 1. The summed E-state index contributed by atoms with van der Waals surface area (Å²) >= 11 is 7.00. The van der Waals surface area contributed by atoms with Gasteiger partial charge >= 0.3 is 6.18 Å². The average molecular weight is 468 g/mol. The van der Waals surface area contributed by atoms with E-state index in [-0.39, 0.29) is 22.5 Å². The number of amides is 1. The minimum atomic E-state index is -4.49. The molecule has 3 aromatic rings. The number of nitrogens with zero attached hydrogens (tertiary/aromatic N) is 4. The van der Waals surface area contributed by atoms with Gasteiger partial charge in [0.05, 0.1) is 23.3 Å². The summed E-state index contributed by atoms with van der Waals surface area (Å²) in [7, 11) is 0.